The molecule has 71 heavy (non-hydrogen) atoms. The van der Waals surface area contributed by atoms with Crippen LogP contribution in [0, 0.1) is 31.8 Å². The van der Waals surface area contributed by atoms with E-state index < -0.39 is 32.4 Å². The third-order valence-corrected chi connectivity index (χ3v) is 14.4. The van der Waals surface area contributed by atoms with Crippen molar-refractivity contribution in [2.75, 3.05) is 137 Å². The fourth-order valence-electron chi connectivity index (χ4n) is 7.49. The van der Waals surface area contributed by atoms with Crippen LogP contribution in [0.5, 0.6) is 0 Å². The van der Waals surface area contributed by atoms with Gasteiger partial charge in [-0.2, -0.15) is 32.3 Å². The fraction of sp³-hybridized carbons (Fsp3) is 0.520. The summed E-state index contributed by atoms with van der Waals surface area (Å²) in [5.74, 6) is -0.543. The van der Waals surface area contributed by atoms with E-state index in [1.54, 1.807) is 6.92 Å². The molecule has 0 fully saturated rings. The predicted molar refractivity (Wildman–Crippen MR) is 276 cm³/mol. The van der Waals surface area contributed by atoms with E-state index in [0.717, 1.165) is 33.7 Å². The molecule has 3 aromatic carbocycles. The second-order valence-electron chi connectivity index (χ2n) is 18.4. The van der Waals surface area contributed by atoms with Crippen molar-refractivity contribution in [3.63, 3.8) is 0 Å². The Morgan fingerprint density at radius 3 is 1.59 bits per heavy atom. The molecule has 388 valence electrons. The zero-order valence-corrected chi connectivity index (χ0v) is 44.3. The van der Waals surface area contributed by atoms with Crippen LogP contribution in [-0.2, 0) is 43.9 Å². The molecule has 0 spiro atoms. The molecule has 4 aromatic rings. The highest BCUT2D eigenvalue weighted by Gasteiger charge is 2.24. The molecule has 0 saturated carbocycles. The van der Waals surface area contributed by atoms with Crippen molar-refractivity contribution < 1.29 is 58.6 Å². The van der Waals surface area contributed by atoms with E-state index in [1.807, 2.05) is 114 Å². The van der Waals surface area contributed by atoms with Crippen LogP contribution in [0.3, 0.4) is 0 Å². The maximum atomic E-state index is 11.2. The molecule has 2 N–H and O–H groups in total. The Hall–Kier alpha value is -4.72. The van der Waals surface area contributed by atoms with Crippen LogP contribution in [0.4, 0.5) is 22.1 Å². The second kappa shape index (κ2) is 29.1. The first kappa shape index (κ1) is 58.8. The first-order chi connectivity index (χ1) is 33.7. The number of thiophene rings is 1. The Bertz CT molecular complexity index is 2580. The highest BCUT2D eigenvalue weighted by Crippen LogP contribution is 2.43. The van der Waals surface area contributed by atoms with Crippen LogP contribution >= 0.6 is 11.3 Å². The molecule has 0 aliphatic heterocycles. The van der Waals surface area contributed by atoms with Gasteiger partial charge in [-0.15, -0.1) is 11.3 Å². The van der Waals surface area contributed by atoms with E-state index in [9.17, 15) is 22.1 Å². The van der Waals surface area contributed by atoms with Gasteiger partial charge in [-0.3, -0.25) is 9.11 Å². The van der Waals surface area contributed by atoms with Gasteiger partial charge in [0.1, 0.15) is 36.4 Å². The number of hydrogen-bond donors (Lipinski definition) is 2. The molecule has 0 bridgehead atoms. The number of rotatable bonds is 34. The topological polar surface area (TPSA) is 211 Å². The van der Waals surface area contributed by atoms with Gasteiger partial charge < -0.3 is 37.6 Å². The maximum Gasteiger partial charge on any atom is 0.265 e. The predicted octanol–water partition coefficient (Wildman–Crippen LogP) is 8.28. The molecular formula is C50H71N7O11S3+2. The van der Waals surface area contributed by atoms with Gasteiger partial charge >= 0.3 is 0 Å². The number of aryl methyl sites for hydroxylation is 1. The number of hydrogen-bond acceptors (Lipinski definition) is 14. The summed E-state index contributed by atoms with van der Waals surface area (Å²) in [5.41, 5.74) is 5.20. The lowest BCUT2D eigenvalue weighted by molar-refractivity contribution is -0.890. The van der Waals surface area contributed by atoms with Crippen LogP contribution in [0.1, 0.15) is 52.2 Å². The summed E-state index contributed by atoms with van der Waals surface area (Å²) in [6.07, 6.45) is -0.0848. The van der Waals surface area contributed by atoms with Gasteiger partial charge in [0.15, 0.2) is 0 Å². The first-order valence-corrected chi connectivity index (χ1v) is 27.5. The third kappa shape index (κ3) is 22.3. The Labute approximate surface area is 424 Å². The summed E-state index contributed by atoms with van der Waals surface area (Å²) in [4.78, 5) is 6.27. The van der Waals surface area contributed by atoms with Gasteiger partial charge in [-0.05, 0) is 54.3 Å². The number of benzene rings is 3. The van der Waals surface area contributed by atoms with E-state index in [-0.39, 0.29) is 11.5 Å². The van der Waals surface area contributed by atoms with Crippen LogP contribution in [-0.4, -0.2) is 167 Å². The number of azo groups is 1. The molecule has 2 atom stereocenters. The van der Waals surface area contributed by atoms with Crippen molar-refractivity contribution in [1.29, 1.82) is 5.26 Å². The number of nitrogens with zero attached hydrogens (tertiary/aromatic N) is 7. The minimum Gasteiger partial charge on any atom is -0.377 e. The lowest BCUT2D eigenvalue weighted by atomic mass is 10.1. The van der Waals surface area contributed by atoms with Gasteiger partial charge in [0.05, 0.1) is 123 Å². The Morgan fingerprint density at radius 2 is 1.15 bits per heavy atom. The van der Waals surface area contributed by atoms with Gasteiger partial charge in [-0.1, -0.05) is 60.7 Å². The van der Waals surface area contributed by atoms with Crippen LogP contribution in [0.2, 0.25) is 0 Å². The molecule has 0 saturated heterocycles. The van der Waals surface area contributed by atoms with Gasteiger partial charge in [0, 0.05) is 31.6 Å². The van der Waals surface area contributed by atoms with Gasteiger partial charge in [0.25, 0.3) is 20.2 Å². The number of quaternary nitrogens is 2. The van der Waals surface area contributed by atoms with Gasteiger partial charge in [0.2, 0.25) is 5.69 Å². The Balaban J connectivity index is 1.49. The standard InChI is InChI=1S/C50H69N7O11S3/c1-40-36-44(20-21-45(40)53-54-50-49(52-3)41(2)48(37-51)69-50)55(38-46(42-16-10-8-11-17-42)67-32-30-65-27-25-57(6,7)23-15-35-71(61,62)63)39-47(43-18-12-9-13-19-43)68-33-31-66-29-28-64-26-24-56(4,5)22-14-34-70(58,59)60/h8-13,16-21,36,46-47H,14-15,22-35,38-39H2,1-2,4-7H3/p+2. The molecule has 21 heteroatoms. The highest BCUT2D eigenvalue weighted by atomic mass is 32.2. The van der Waals surface area contributed by atoms with Gasteiger partial charge in [-0.25, -0.2) is 4.85 Å². The van der Waals surface area contributed by atoms with Crippen molar-refractivity contribution in [2.24, 2.45) is 10.2 Å². The molecule has 0 aliphatic carbocycles. The zero-order chi connectivity index (χ0) is 51.9. The van der Waals surface area contributed by atoms with Crippen LogP contribution in [0.15, 0.2) is 89.1 Å². The van der Waals surface area contributed by atoms with Crippen molar-refractivity contribution in [3.05, 3.63) is 117 Å². The summed E-state index contributed by atoms with van der Waals surface area (Å²) in [6.45, 7) is 17.6. The van der Waals surface area contributed by atoms with Crippen molar-refractivity contribution >= 4 is 53.6 Å². The molecule has 1 aromatic heterocycles. The normalized spacial score (nSPS) is 13.3. The number of nitriles is 1. The van der Waals surface area contributed by atoms with Crippen LogP contribution in [0.25, 0.3) is 4.85 Å². The summed E-state index contributed by atoms with van der Waals surface area (Å²) in [5, 5.41) is 18.9. The summed E-state index contributed by atoms with van der Waals surface area (Å²) < 4.78 is 94.9. The van der Waals surface area contributed by atoms with E-state index in [1.165, 1.54) is 0 Å². The van der Waals surface area contributed by atoms with E-state index in [2.05, 4.69) is 26.0 Å². The average Bonchev–Trinajstić information content (AvgIpc) is 3.63. The van der Waals surface area contributed by atoms with Crippen molar-refractivity contribution in [2.45, 2.75) is 38.9 Å². The largest absolute Gasteiger partial charge is 0.377 e. The minimum atomic E-state index is -4.01. The van der Waals surface area contributed by atoms with E-state index >= 15 is 0 Å². The van der Waals surface area contributed by atoms with Crippen LogP contribution < -0.4 is 4.90 Å². The fourth-order valence-corrected chi connectivity index (χ4v) is 9.35. The number of likely N-dealkylation sites (N-methyl/N-ethyl adjacent to an activating group) is 2. The molecule has 4 rings (SSSR count). The molecule has 18 nitrogen and oxygen atoms in total. The first-order valence-electron chi connectivity index (χ1n) is 23.5. The average molecular weight is 1040 g/mol. The molecule has 0 radical (unpaired) electrons. The SMILES string of the molecule is [C-]#[N+]c1c(N=Nc2ccc(N(CC(OCCOCCOCC[N+](C)(C)CCCS(=O)(=O)O)c3ccccc3)CC(OCCOCC[N+](C)(C)CCCS(=O)(=O)O)c3ccccc3)cc2C)sc(C#N)c1C. The Morgan fingerprint density at radius 1 is 0.690 bits per heavy atom. The van der Waals surface area contributed by atoms with Crippen molar-refractivity contribution in [1.82, 2.24) is 0 Å². The molecule has 0 aliphatic rings. The monoisotopic (exact) mass is 1040 g/mol. The van der Waals surface area contributed by atoms with Crippen molar-refractivity contribution in [3.8, 4) is 6.07 Å². The minimum absolute atomic E-state index is 0.265. The molecule has 1 heterocycles. The summed E-state index contributed by atoms with van der Waals surface area (Å²) in [6, 6.07) is 28.0. The highest BCUT2D eigenvalue weighted by molar-refractivity contribution is 7.86. The van der Waals surface area contributed by atoms with E-state index in [0.29, 0.717) is 141 Å². The third-order valence-electron chi connectivity index (χ3n) is 11.7. The number of anilines is 1. The second-order valence-corrected chi connectivity index (χ2v) is 22.6. The molecular weight excluding hydrogens is 971 g/mol. The quantitative estimate of drug-likeness (QED) is 0.0149. The smallest absolute Gasteiger partial charge is 0.265 e. The summed E-state index contributed by atoms with van der Waals surface area (Å²) >= 11 is 1.14. The maximum absolute atomic E-state index is 11.2. The number of ether oxygens (including phenoxy) is 5. The summed E-state index contributed by atoms with van der Waals surface area (Å²) in [7, 11) is -0.0346. The lowest BCUT2D eigenvalue weighted by Gasteiger charge is -2.33. The molecule has 0 amide bonds. The molecule has 2 unspecified atom stereocenters. The zero-order valence-electron chi connectivity index (χ0n) is 41.8. The van der Waals surface area contributed by atoms with E-state index in [4.69, 9.17) is 39.4 Å². The Kier molecular flexibility index (Phi) is 24.1. The lowest BCUT2D eigenvalue weighted by Crippen LogP contribution is -2.43.